The number of rotatable bonds is 9. The number of aromatic carboxylic acids is 1. The summed E-state index contributed by atoms with van der Waals surface area (Å²) in [5.74, 6) is -0.347. The SMILES string of the molecule is CC(C)N(Cc1ccc(C(=O)O)cc1)c1nc(-c2ccc(OCc3ccc(C(F)(F)F)cc3)cc2)cs1. The number of carboxylic acids is 1. The van der Waals surface area contributed by atoms with E-state index < -0.39 is 17.7 Å². The summed E-state index contributed by atoms with van der Waals surface area (Å²) in [5.41, 5.74) is 2.94. The fourth-order valence-corrected chi connectivity index (χ4v) is 4.60. The molecule has 0 saturated heterocycles. The van der Waals surface area contributed by atoms with Gasteiger partial charge in [0.1, 0.15) is 12.4 Å². The average Bonchev–Trinajstić information content (AvgIpc) is 3.36. The molecule has 0 bridgehead atoms. The molecule has 0 radical (unpaired) electrons. The highest BCUT2D eigenvalue weighted by atomic mass is 32.1. The van der Waals surface area contributed by atoms with Crippen LogP contribution in [0.25, 0.3) is 11.3 Å². The van der Waals surface area contributed by atoms with Gasteiger partial charge in [-0.1, -0.05) is 24.3 Å². The van der Waals surface area contributed by atoms with Crippen LogP contribution in [0.4, 0.5) is 18.3 Å². The third-order valence-corrected chi connectivity index (χ3v) is 6.63. The van der Waals surface area contributed by atoms with Gasteiger partial charge in [-0.2, -0.15) is 13.2 Å². The Kier molecular flexibility index (Phi) is 7.83. The van der Waals surface area contributed by atoms with E-state index >= 15 is 0 Å². The van der Waals surface area contributed by atoms with E-state index in [1.807, 2.05) is 41.8 Å². The van der Waals surface area contributed by atoms with Gasteiger partial charge in [-0.05, 0) is 73.5 Å². The molecule has 192 valence electrons. The van der Waals surface area contributed by atoms with E-state index in [0.29, 0.717) is 17.9 Å². The van der Waals surface area contributed by atoms with Crippen molar-refractivity contribution in [2.24, 2.45) is 0 Å². The monoisotopic (exact) mass is 526 g/mol. The van der Waals surface area contributed by atoms with Gasteiger partial charge < -0.3 is 14.7 Å². The maximum absolute atomic E-state index is 12.7. The third-order valence-electron chi connectivity index (χ3n) is 5.75. The van der Waals surface area contributed by atoms with Crippen LogP contribution in [0.3, 0.4) is 0 Å². The highest BCUT2D eigenvalue weighted by Gasteiger charge is 2.29. The first kappa shape index (κ1) is 26.2. The first-order valence-electron chi connectivity index (χ1n) is 11.5. The Morgan fingerprint density at radius 3 is 2.16 bits per heavy atom. The van der Waals surface area contributed by atoms with Crippen molar-refractivity contribution >= 4 is 22.4 Å². The summed E-state index contributed by atoms with van der Waals surface area (Å²) in [5, 5.41) is 11.9. The predicted molar refractivity (Wildman–Crippen MR) is 138 cm³/mol. The molecule has 0 aliphatic carbocycles. The molecule has 0 aliphatic heterocycles. The summed E-state index contributed by atoms with van der Waals surface area (Å²) in [7, 11) is 0. The van der Waals surface area contributed by atoms with Gasteiger partial charge in [-0.15, -0.1) is 11.3 Å². The van der Waals surface area contributed by atoms with Gasteiger partial charge in [0.2, 0.25) is 0 Å². The number of nitrogens with zero attached hydrogens (tertiary/aromatic N) is 2. The van der Waals surface area contributed by atoms with Crippen LogP contribution in [0, 0.1) is 0 Å². The predicted octanol–water partition coefficient (Wildman–Crippen LogP) is 7.52. The van der Waals surface area contributed by atoms with E-state index in [2.05, 4.69) is 18.7 Å². The zero-order valence-electron chi connectivity index (χ0n) is 20.2. The van der Waals surface area contributed by atoms with E-state index in [4.69, 9.17) is 14.8 Å². The molecule has 5 nitrogen and oxygen atoms in total. The fraction of sp³-hybridized carbons (Fsp3) is 0.214. The number of benzene rings is 3. The van der Waals surface area contributed by atoms with Crippen LogP contribution in [0.2, 0.25) is 0 Å². The fourth-order valence-electron chi connectivity index (χ4n) is 3.63. The largest absolute Gasteiger partial charge is 0.489 e. The summed E-state index contributed by atoms with van der Waals surface area (Å²) in [6.45, 7) is 4.92. The van der Waals surface area contributed by atoms with E-state index in [0.717, 1.165) is 34.1 Å². The minimum Gasteiger partial charge on any atom is -0.489 e. The average molecular weight is 527 g/mol. The van der Waals surface area contributed by atoms with E-state index in [1.165, 1.54) is 23.5 Å². The standard InChI is InChI=1S/C28H25F3N2O3S/c1-18(2)33(15-19-3-7-22(8-4-19)26(34)35)27-32-25(17-37-27)21-9-13-24(14-10-21)36-16-20-5-11-23(12-6-20)28(29,30)31/h3-14,17-18H,15-16H2,1-2H3,(H,34,35). The summed E-state index contributed by atoms with van der Waals surface area (Å²) >= 11 is 1.53. The van der Waals surface area contributed by atoms with Crippen molar-refractivity contribution in [3.05, 3.63) is 100 Å². The smallest absolute Gasteiger partial charge is 0.416 e. The quantitative estimate of drug-likeness (QED) is 0.244. The molecule has 0 spiro atoms. The second kappa shape index (κ2) is 11.0. The zero-order valence-corrected chi connectivity index (χ0v) is 21.0. The molecule has 37 heavy (non-hydrogen) atoms. The molecule has 0 fully saturated rings. The number of hydrogen-bond acceptors (Lipinski definition) is 5. The molecule has 1 heterocycles. The summed E-state index contributed by atoms with van der Waals surface area (Å²) in [4.78, 5) is 18.1. The second-order valence-electron chi connectivity index (χ2n) is 8.75. The van der Waals surface area contributed by atoms with Crippen LogP contribution in [0.5, 0.6) is 5.75 Å². The Labute approximate surface area is 216 Å². The van der Waals surface area contributed by atoms with Gasteiger partial charge in [-0.3, -0.25) is 0 Å². The highest BCUT2D eigenvalue weighted by Crippen LogP contribution is 2.31. The number of anilines is 1. The van der Waals surface area contributed by atoms with E-state index in [9.17, 15) is 18.0 Å². The second-order valence-corrected chi connectivity index (χ2v) is 9.58. The van der Waals surface area contributed by atoms with Crippen LogP contribution < -0.4 is 9.64 Å². The van der Waals surface area contributed by atoms with E-state index in [-0.39, 0.29) is 18.2 Å². The van der Waals surface area contributed by atoms with Crippen LogP contribution >= 0.6 is 11.3 Å². The molecule has 0 amide bonds. The van der Waals surface area contributed by atoms with Crippen molar-refractivity contribution < 1.29 is 27.8 Å². The van der Waals surface area contributed by atoms with Gasteiger partial charge in [0.25, 0.3) is 0 Å². The zero-order chi connectivity index (χ0) is 26.6. The molecular weight excluding hydrogens is 501 g/mol. The molecule has 4 rings (SSSR count). The van der Waals surface area contributed by atoms with Crippen molar-refractivity contribution in [2.75, 3.05) is 4.90 Å². The molecule has 0 aliphatic rings. The number of carbonyl (C=O) groups is 1. The Morgan fingerprint density at radius 1 is 0.973 bits per heavy atom. The minimum absolute atomic E-state index is 0.162. The lowest BCUT2D eigenvalue weighted by atomic mass is 10.1. The number of ether oxygens (including phenoxy) is 1. The van der Waals surface area contributed by atoms with Crippen LogP contribution in [-0.2, 0) is 19.3 Å². The maximum Gasteiger partial charge on any atom is 0.416 e. The van der Waals surface area contributed by atoms with Gasteiger partial charge in [-0.25, -0.2) is 9.78 Å². The normalized spacial score (nSPS) is 11.5. The molecule has 1 aromatic heterocycles. The topological polar surface area (TPSA) is 62.7 Å². The first-order chi connectivity index (χ1) is 17.6. The Balaban J connectivity index is 1.40. The lowest BCUT2D eigenvalue weighted by Gasteiger charge is -2.26. The van der Waals surface area contributed by atoms with Crippen molar-refractivity contribution in [1.29, 1.82) is 0 Å². The van der Waals surface area contributed by atoms with E-state index in [1.54, 1.807) is 12.1 Å². The minimum atomic E-state index is -4.36. The number of aromatic nitrogens is 1. The molecule has 0 atom stereocenters. The van der Waals surface area contributed by atoms with Crippen LogP contribution in [0.15, 0.2) is 78.2 Å². The van der Waals surface area contributed by atoms with Gasteiger partial charge >= 0.3 is 12.1 Å². The first-order valence-corrected chi connectivity index (χ1v) is 12.4. The number of carboxylic acid groups (broad SMARTS) is 1. The Bertz CT molecular complexity index is 1330. The Morgan fingerprint density at radius 2 is 1.59 bits per heavy atom. The van der Waals surface area contributed by atoms with Gasteiger partial charge in [0.15, 0.2) is 5.13 Å². The molecule has 3 aromatic carbocycles. The lowest BCUT2D eigenvalue weighted by Crippen LogP contribution is -2.30. The van der Waals surface area contributed by atoms with Crippen molar-refractivity contribution in [3.63, 3.8) is 0 Å². The molecule has 9 heteroatoms. The Hall–Kier alpha value is -3.85. The van der Waals surface area contributed by atoms with Crippen LogP contribution in [-0.4, -0.2) is 22.1 Å². The lowest BCUT2D eigenvalue weighted by molar-refractivity contribution is -0.137. The molecule has 0 unspecified atom stereocenters. The third kappa shape index (κ3) is 6.68. The summed E-state index contributed by atoms with van der Waals surface area (Å²) in [6, 6.07) is 19.3. The van der Waals surface area contributed by atoms with Crippen molar-refractivity contribution in [3.8, 4) is 17.0 Å². The number of alkyl halides is 3. The molecule has 1 N–H and O–H groups in total. The molecule has 0 saturated carbocycles. The highest BCUT2D eigenvalue weighted by molar-refractivity contribution is 7.14. The summed E-state index contributed by atoms with van der Waals surface area (Å²) in [6.07, 6.45) is -4.36. The van der Waals surface area contributed by atoms with Gasteiger partial charge in [0.05, 0.1) is 16.8 Å². The molecule has 4 aromatic rings. The van der Waals surface area contributed by atoms with Crippen molar-refractivity contribution in [2.45, 2.75) is 39.2 Å². The van der Waals surface area contributed by atoms with Crippen molar-refractivity contribution in [1.82, 2.24) is 4.98 Å². The van der Waals surface area contributed by atoms with Crippen LogP contribution in [0.1, 0.15) is 40.9 Å². The maximum atomic E-state index is 12.7. The van der Waals surface area contributed by atoms with Gasteiger partial charge in [0, 0.05) is 23.5 Å². The number of halogens is 3. The summed E-state index contributed by atoms with van der Waals surface area (Å²) < 4.78 is 43.9. The number of thiazole rings is 1. The molecular formula is C28H25F3N2O3S. The number of hydrogen-bond donors (Lipinski definition) is 1.